The predicted octanol–water partition coefficient (Wildman–Crippen LogP) is 4.42. The van der Waals surface area contributed by atoms with Crippen molar-refractivity contribution in [2.24, 2.45) is 12.0 Å². The van der Waals surface area contributed by atoms with Gasteiger partial charge in [0, 0.05) is 47.8 Å². The zero-order chi connectivity index (χ0) is 22.5. The summed E-state index contributed by atoms with van der Waals surface area (Å²) >= 11 is 0. The maximum Gasteiger partial charge on any atom is 0.250 e. The van der Waals surface area contributed by atoms with Crippen molar-refractivity contribution in [1.29, 1.82) is 0 Å². The minimum atomic E-state index is -3.48. The molecule has 1 aromatic heterocycles. The molecule has 0 fully saturated rings. The van der Waals surface area contributed by atoms with E-state index in [1.165, 1.54) is 34.9 Å². The van der Waals surface area contributed by atoms with Crippen LogP contribution < -0.4 is 5.56 Å². The highest BCUT2D eigenvalue weighted by Gasteiger charge is 2.26. The van der Waals surface area contributed by atoms with Gasteiger partial charge in [0.25, 0.3) is 5.56 Å². The minimum absolute atomic E-state index is 0. The molecule has 0 radical (unpaired) electrons. The molecule has 32 heavy (non-hydrogen) atoms. The van der Waals surface area contributed by atoms with Gasteiger partial charge in [-0.05, 0) is 54.4 Å². The van der Waals surface area contributed by atoms with Gasteiger partial charge in [0.15, 0.2) is 9.84 Å². The second kappa shape index (κ2) is 8.43. The zero-order valence-electron chi connectivity index (χ0n) is 17.2. The molecule has 4 rings (SSSR count). The van der Waals surface area contributed by atoms with Crippen LogP contribution in [0.25, 0.3) is 11.1 Å². The first kappa shape index (κ1) is 23.5. The topological polar surface area (TPSA) is 68.5 Å². The minimum Gasteiger partial charge on any atom is -0.318 e. The molecule has 1 aliphatic rings. The molecule has 0 saturated heterocycles. The van der Waals surface area contributed by atoms with Crippen molar-refractivity contribution < 1.29 is 17.2 Å². The lowest BCUT2D eigenvalue weighted by molar-refractivity contribution is 0.591. The number of sulfone groups is 1. The highest BCUT2D eigenvalue weighted by Crippen LogP contribution is 2.38. The van der Waals surface area contributed by atoms with Crippen molar-refractivity contribution in [3.63, 3.8) is 0 Å². The van der Waals surface area contributed by atoms with E-state index >= 15 is 0 Å². The first-order valence-electron chi connectivity index (χ1n) is 9.58. The second-order valence-corrected chi connectivity index (χ2v) is 9.95. The fraction of sp³-hybridized carbons (Fsp3) is 0.250. The summed E-state index contributed by atoms with van der Waals surface area (Å²) in [6.07, 6.45) is 2.70. The summed E-state index contributed by atoms with van der Waals surface area (Å²) in [6, 6.07) is 9.54. The number of aromatic nitrogens is 1. The Kier molecular flexibility index (Phi) is 6.20. The quantitative estimate of drug-likeness (QED) is 0.583. The lowest BCUT2D eigenvalue weighted by Crippen LogP contribution is -2.17. The van der Waals surface area contributed by atoms with Gasteiger partial charge in [0.2, 0.25) is 0 Å². The molecule has 3 aromatic rings. The molecule has 8 heteroatoms. The van der Waals surface area contributed by atoms with Gasteiger partial charge in [-0.3, -0.25) is 9.79 Å². The number of aliphatic imine (C=N–C) groups is 1. The second-order valence-electron chi connectivity index (χ2n) is 7.81. The highest BCUT2D eigenvalue weighted by atomic mass is 32.2. The van der Waals surface area contributed by atoms with Crippen LogP contribution in [-0.2, 0) is 22.6 Å². The number of benzene rings is 2. The van der Waals surface area contributed by atoms with Gasteiger partial charge in [-0.2, -0.15) is 0 Å². The number of halogens is 2. The Bertz CT molecular complexity index is 1390. The predicted molar refractivity (Wildman–Crippen MR) is 123 cm³/mol. The molecular formula is C24H24F2N2O3S. The number of rotatable bonds is 3. The molecular weight excluding hydrogens is 434 g/mol. The largest absolute Gasteiger partial charge is 0.318 e. The number of hydrogen-bond acceptors (Lipinski definition) is 4. The van der Waals surface area contributed by atoms with Gasteiger partial charge >= 0.3 is 0 Å². The first-order chi connectivity index (χ1) is 14.5. The molecule has 1 aliphatic heterocycles. The van der Waals surface area contributed by atoms with Gasteiger partial charge < -0.3 is 4.57 Å². The Morgan fingerprint density at radius 3 is 2.31 bits per heavy atom. The number of pyridine rings is 1. The molecule has 0 saturated carbocycles. The maximum atomic E-state index is 15.0. The zero-order valence-corrected chi connectivity index (χ0v) is 18.0. The number of fused-ring (bicyclic) bond motifs is 3. The van der Waals surface area contributed by atoms with Crippen molar-refractivity contribution in [3.05, 3.63) is 92.9 Å². The highest BCUT2D eigenvalue weighted by molar-refractivity contribution is 7.89. The lowest BCUT2D eigenvalue weighted by Gasteiger charge is -2.15. The Morgan fingerprint density at radius 1 is 1.03 bits per heavy atom. The molecule has 1 atom stereocenters. The molecule has 0 bridgehead atoms. The summed E-state index contributed by atoms with van der Waals surface area (Å²) < 4.78 is 53.5. The van der Waals surface area contributed by atoms with Gasteiger partial charge in [0.1, 0.15) is 11.6 Å². The molecule has 0 aliphatic carbocycles. The Balaban J connectivity index is 0.00000289. The van der Waals surface area contributed by atoms with Crippen molar-refractivity contribution >= 4 is 15.5 Å². The van der Waals surface area contributed by atoms with E-state index in [1.807, 2.05) is 6.92 Å². The van der Waals surface area contributed by atoms with Crippen LogP contribution in [0.2, 0.25) is 0 Å². The number of nitrogens with zero attached hydrogens (tertiary/aromatic N) is 2. The summed E-state index contributed by atoms with van der Waals surface area (Å²) in [7, 11) is -1.86. The summed E-state index contributed by atoms with van der Waals surface area (Å²) in [5.74, 6) is -1.53. The molecule has 0 amide bonds. The van der Waals surface area contributed by atoms with E-state index < -0.39 is 33.3 Å². The first-order valence-corrected chi connectivity index (χ1v) is 11.6. The normalized spacial score (nSPS) is 15.2. The molecule has 2 heterocycles. The number of aryl methyl sites for hydroxylation is 1. The fourth-order valence-electron chi connectivity index (χ4n) is 3.82. The number of hydrogen-bond donors (Lipinski definition) is 0. The van der Waals surface area contributed by atoms with E-state index in [9.17, 15) is 22.0 Å². The molecule has 0 unspecified atom stereocenters. The SMILES string of the molecule is C.C[C@@H]1N=C(c2ccc(F)cc2)c2cc(F)c(CS(C)(=O)=O)cc2-c2cn(C)c(=O)cc21. The average molecular weight is 459 g/mol. The molecule has 0 spiro atoms. The third-order valence-corrected chi connectivity index (χ3v) is 6.14. The Labute approximate surface area is 186 Å². The van der Waals surface area contributed by atoms with Crippen LogP contribution in [0.4, 0.5) is 8.78 Å². The van der Waals surface area contributed by atoms with Crippen LogP contribution in [0.15, 0.2) is 58.4 Å². The van der Waals surface area contributed by atoms with Crippen molar-refractivity contribution in [3.8, 4) is 11.1 Å². The lowest BCUT2D eigenvalue weighted by atomic mass is 9.91. The van der Waals surface area contributed by atoms with E-state index in [4.69, 9.17) is 4.99 Å². The van der Waals surface area contributed by atoms with Crippen LogP contribution in [0.1, 0.15) is 42.6 Å². The van der Waals surface area contributed by atoms with Crippen LogP contribution >= 0.6 is 0 Å². The summed E-state index contributed by atoms with van der Waals surface area (Å²) in [5.41, 5.74) is 3.19. The molecule has 168 valence electrons. The van der Waals surface area contributed by atoms with Crippen molar-refractivity contribution in [2.75, 3.05) is 6.26 Å². The summed E-state index contributed by atoms with van der Waals surface area (Å²) in [5, 5.41) is 0. The van der Waals surface area contributed by atoms with Crippen LogP contribution in [-0.4, -0.2) is 25.0 Å². The van der Waals surface area contributed by atoms with Crippen molar-refractivity contribution in [2.45, 2.75) is 26.1 Å². The summed E-state index contributed by atoms with van der Waals surface area (Å²) in [4.78, 5) is 17.0. The van der Waals surface area contributed by atoms with Crippen molar-refractivity contribution in [1.82, 2.24) is 4.57 Å². The van der Waals surface area contributed by atoms with Gasteiger partial charge in [-0.15, -0.1) is 0 Å². The van der Waals surface area contributed by atoms with Gasteiger partial charge in [0.05, 0.1) is 17.5 Å². The van der Waals surface area contributed by atoms with Gasteiger partial charge in [-0.1, -0.05) is 7.43 Å². The van der Waals surface area contributed by atoms with E-state index in [2.05, 4.69) is 0 Å². The monoisotopic (exact) mass is 458 g/mol. The maximum absolute atomic E-state index is 15.0. The van der Waals surface area contributed by atoms with Gasteiger partial charge in [-0.25, -0.2) is 17.2 Å². The van der Waals surface area contributed by atoms with Crippen LogP contribution in [0.5, 0.6) is 0 Å². The van der Waals surface area contributed by atoms with Crippen LogP contribution in [0.3, 0.4) is 0 Å². The molecule has 0 N–H and O–H groups in total. The Morgan fingerprint density at radius 2 is 1.69 bits per heavy atom. The van der Waals surface area contributed by atoms with Crippen LogP contribution in [0, 0.1) is 11.6 Å². The molecule has 5 nitrogen and oxygen atoms in total. The average Bonchev–Trinajstić information content (AvgIpc) is 2.78. The van der Waals surface area contributed by atoms with E-state index in [0.717, 1.165) is 6.26 Å². The Hall–Kier alpha value is -3.13. The molecule has 2 aromatic carbocycles. The smallest absolute Gasteiger partial charge is 0.250 e. The van der Waals surface area contributed by atoms with E-state index in [-0.39, 0.29) is 18.5 Å². The van der Waals surface area contributed by atoms with E-state index in [0.29, 0.717) is 33.5 Å². The standard InChI is InChI=1S/C23H20F2N2O3S.CH4/c1-13-17-10-22(28)27(2)11-20(17)18-8-15(12-31(3,29)30)21(25)9-19(18)23(26-13)14-4-6-16(24)7-5-14;/h4-11,13H,12H2,1-3H3;1H4/t13-;/m0./s1. The fourth-order valence-corrected chi connectivity index (χ4v) is 4.60. The van der Waals surface area contributed by atoms with E-state index in [1.54, 1.807) is 25.4 Å². The third kappa shape index (κ3) is 4.41. The summed E-state index contributed by atoms with van der Waals surface area (Å²) in [6.45, 7) is 1.82. The third-order valence-electron chi connectivity index (χ3n) is 5.30.